The molecule has 0 bridgehead atoms. The number of amides is 1. The average Bonchev–Trinajstić information content (AvgIpc) is 3.19. The fourth-order valence-electron chi connectivity index (χ4n) is 4.09. The van der Waals surface area contributed by atoms with Crippen LogP contribution in [0.2, 0.25) is 5.02 Å². The minimum absolute atomic E-state index is 0.00412. The van der Waals surface area contributed by atoms with Crippen molar-refractivity contribution in [3.8, 4) is 11.5 Å². The number of carbonyl (C=O) groups excluding carboxylic acids is 1. The van der Waals surface area contributed by atoms with Crippen LogP contribution in [0.4, 0.5) is 15.9 Å². The van der Waals surface area contributed by atoms with Gasteiger partial charge in [0, 0.05) is 31.0 Å². The van der Waals surface area contributed by atoms with Crippen LogP contribution in [-0.4, -0.2) is 70.9 Å². The highest BCUT2D eigenvalue weighted by molar-refractivity contribution is 6.31. The lowest BCUT2D eigenvalue weighted by Crippen LogP contribution is -2.46. The Balaban J connectivity index is 1.57. The summed E-state index contributed by atoms with van der Waals surface area (Å²) in [6.45, 7) is 3.95. The predicted molar refractivity (Wildman–Crippen MR) is 136 cm³/mol. The van der Waals surface area contributed by atoms with E-state index >= 15 is 0 Å². The van der Waals surface area contributed by atoms with Gasteiger partial charge in [-0.05, 0) is 39.1 Å². The molecule has 0 unspecified atom stereocenters. The molecule has 1 amide bonds. The van der Waals surface area contributed by atoms with Crippen molar-refractivity contribution in [2.75, 3.05) is 32.6 Å². The Morgan fingerprint density at radius 2 is 2.08 bits per heavy atom. The first-order chi connectivity index (χ1) is 17.1. The van der Waals surface area contributed by atoms with E-state index in [-0.39, 0.29) is 29.3 Å². The average molecular weight is 518 g/mol. The number of benzene rings is 2. The number of anilines is 2. The number of hydrogen-bond donors (Lipinski definition) is 3. The molecular formula is C25H29ClFN5O4. The molecule has 2 heterocycles. The standard InChI is InChI=1S/C25H29ClFN5O4/c1-25(2,34)12-28-24(33)19-8-14(11-32(19)3)36-21-9-15-18(10-20(21)35-4)29-13-30-23(15)31-17-7-5-6-16(26)22(17)27/h5-7,9-10,13-14,19,34H,8,11-12H2,1-4H3,(H,28,33)(H,29,30,31)/t14-,19+/m0/s1. The monoisotopic (exact) mass is 517 g/mol. The van der Waals surface area contributed by atoms with E-state index in [1.807, 2.05) is 11.9 Å². The van der Waals surface area contributed by atoms with Gasteiger partial charge in [-0.2, -0.15) is 0 Å². The molecule has 11 heteroatoms. The van der Waals surface area contributed by atoms with E-state index in [9.17, 15) is 14.3 Å². The van der Waals surface area contributed by atoms with Gasteiger partial charge in [0.05, 0.1) is 35.0 Å². The molecule has 9 nitrogen and oxygen atoms in total. The molecule has 2 atom stereocenters. The molecule has 0 spiro atoms. The zero-order valence-electron chi connectivity index (χ0n) is 20.5. The van der Waals surface area contributed by atoms with Crippen molar-refractivity contribution in [1.82, 2.24) is 20.2 Å². The summed E-state index contributed by atoms with van der Waals surface area (Å²) in [6.07, 6.45) is 1.54. The third-order valence-electron chi connectivity index (χ3n) is 5.93. The number of fused-ring (bicyclic) bond motifs is 1. The van der Waals surface area contributed by atoms with Crippen LogP contribution < -0.4 is 20.1 Å². The fraction of sp³-hybridized carbons (Fsp3) is 0.400. The molecule has 36 heavy (non-hydrogen) atoms. The van der Waals surface area contributed by atoms with Gasteiger partial charge in [-0.3, -0.25) is 9.69 Å². The van der Waals surface area contributed by atoms with Crippen LogP contribution >= 0.6 is 11.6 Å². The summed E-state index contributed by atoms with van der Waals surface area (Å²) < 4.78 is 26.3. The Bertz CT molecular complexity index is 1270. The summed E-state index contributed by atoms with van der Waals surface area (Å²) in [6, 6.07) is 7.73. The number of ether oxygens (including phenoxy) is 2. The third kappa shape index (κ3) is 5.77. The van der Waals surface area contributed by atoms with Gasteiger partial charge in [0.1, 0.15) is 18.2 Å². The largest absolute Gasteiger partial charge is 0.493 e. The first-order valence-corrected chi connectivity index (χ1v) is 11.8. The summed E-state index contributed by atoms with van der Waals surface area (Å²) in [5.41, 5.74) is -0.243. The first-order valence-electron chi connectivity index (χ1n) is 11.5. The molecule has 2 aromatic carbocycles. The van der Waals surface area contributed by atoms with E-state index in [4.69, 9.17) is 21.1 Å². The van der Waals surface area contributed by atoms with E-state index in [2.05, 4.69) is 20.6 Å². The highest BCUT2D eigenvalue weighted by Crippen LogP contribution is 2.37. The zero-order valence-corrected chi connectivity index (χ0v) is 21.3. The van der Waals surface area contributed by atoms with Crippen LogP contribution in [0.15, 0.2) is 36.7 Å². The van der Waals surface area contributed by atoms with E-state index in [1.165, 1.54) is 19.5 Å². The number of halogens is 2. The van der Waals surface area contributed by atoms with E-state index in [0.717, 1.165) is 0 Å². The molecule has 1 fully saturated rings. The highest BCUT2D eigenvalue weighted by Gasteiger charge is 2.36. The number of aromatic nitrogens is 2. The van der Waals surface area contributed by atoms with E-state index < -0.39 is 17.5 Å². The molecular weight excluding hydrogens is 489 g/mol. The van der Waals surface area contributed by atoms with Crippen LogP contribution in [0.1, 0.15) is 20.3 Å². The minimum Gasteiger partial charge on any atom is -0.493 e. The lowest BCUT2D eigenvalue weighted by atomic mass is 10.1. The van der Waals surface area contributed by atoms with Crippen molar-refractivity contribution in [1.29, 1.82) is 0 Å². The quantitative estimate of drug-likeness (QED) is 0.416. The Morgan fingerprint density at radius 3 is 2.81 bits per heavy atom. The maximum Gasteiger partial charge on any atom is 0.237 e. The van der Waals surface area contributed by atoms with Gasteiger partial charge in [0.2, 0.25) is 5.91 Å². The molecule has 1 saturated heterocycles. The molecule has 192 valence electrons. The molecule has 1 aliphatic heterocycles. The first kappa shape index (κ1) is 25.9. The van der Waals surface area contributed by atoms with Gasteiger partial charge in [-0.15, -0.1) is 0 Å². The van der Waals surface area contributed by atoms with Crippen molar-refractivity contribution >= 4 is 39.9 Å². The summed E-state index contributed by atoms with van der Waals surface area (Å²) in [4.78, 5) is 23.2. The molecule has 0 radical (unpaired) electrons. The maximum atomic E-state index is 14.5. The minimum atomic E-state index is -0.997. The molecule has 3 aromatic rings. The fourth-order valence-corrected chi connectivity index (χ4v) is 4.26. The number of likely N-dealkylation sites (tertiary alicyclic amines) is 1. The predicted octanol–water partition coefficient (Wildman–Crippen LogP) is 3.51. The number of carbonyl (C=O) groups is 1. The second kappa shape index (κ2) is 10.4. The van der Waals surface area contributed by atoms with Gasteiger partial charge < -0.3 is 25.2 Å². The summed E-state index contributed by atoms with van der Waals surface area (Å²) in [5, 5.41) is 16.3. The maximum absolute atomic E-state index is 14.5. The van der Waals surface area contributed by atoms with Crippen LogP contribution in [0.25, 0.3) is 10.9 Å². The van der Waals surface area contributed by atoms with Gasteiger partial charge in [-0.25, -0.2) is 14.4 Å². The van der Waals surface area contributed by atoms with Crippen molar-refractivity contribution in [3.63, 3.8) is 0 Å². The normalized spacial score (nSPS) is 18.3. The Labute approximate surface area is 213 Å². The van der Waals surface area contributed by atoms with Gasteiger partial charge >= 0.3 is 0 Å². The van der Waals surface area contributed by atoms with Crippen molar-refractivity contribution in [2.24, 2.45) is 0 Å². The number of aliphatic hydroxyl groups is 1. The molecule has 3 N–H and O–H groups in total. The van der Waals surface area contributed by atoms with E-state index in [1.54, 1.807) is 38.1 Å². The van der Waals surface area contributed by atoms with Crippen molar-refractivity contribution in [2.45, 2.75) is 38.0 Å². The number of nitrogens with one attached hydrogen (secondary N) is 2. The summed E-state index contributed by atoms with van der Waals surface area (Å²) >= 11 is 5.92. The number of nitrogens with zero attached hydrogens (tertiary/aromatic N) is 3. The second-order valence-corrected chi connectivity index (χ2v) is 9.84. The second-order valence-electron chi connectivity index (χ2n) is 9.43. The lowest BCUT2D eigenvalue weighted by molar-refractivity contribution is -0.126. The Morgan fingerprint density at radius 1 is 1.31 bits per heavy atom. The number of methoxy groups -OCH3 is 1. The molecule has 0 saturated carbocycles. The molecule has 0 aliphatic carbocycles. The Kier molecular flexibility index (Phi) is 7.49. The van der Waals surface area contributed by atoms with Crippen LogP contribution in [-0.2, 0) is 4.79 Å². The van der Waals surface area contributed by atoms with Gasteiger partial charge in [-0.1, -0.05) is 17.7 Å². The smallest absolute Gasteiger partial charge is 0.237 e. The van der Waals surface area contributed by atoms with Crippen LogP contribution in [0.5, 0.6) is 11.5 Å². The van der Waals surface area contributed by atoms with Crippen LogP contribution in [0, 0.1) is 5.82 Å². The van der Waals surface area contributed by atoms with Crippen LogP contribution in [0.3, 0.4) is 0 Å². The number of likely N-dealkylation sites (N-methyl/N-ethyl adjacent to an activating group) is 1. The molecule has 1 aromatic heterocycles. The Hall–Kier alpha value is -3.21. The summed E-state index contributed by atoms with van der Waals surface area (Å²) in [7, 11) is 3.38. The SMILES string of the molecule is COc1cc2ncnc(Nc3cccc(Cl)c3F)c2cc1O[C@H]1C[C@H](C(=O)NCC(C)(C)O)N(C)C1. The molecule has 4 rings (SSSR count). The number of rotatable bonds is 8. The number of hydrogen-bond acceptors (Lipinski definition) is 8. The van der Waals surface area contributed by atoms with E-state index in [0.29, 0.717) is 41.2 Å². The third-order valence-corrected chi connectivity index (χ3v) is 6.22. The van der Waals surface area contributed by atoms with Crippen molar-refractivity contribution in [3.05, 3.63) is 47.5 Å². The zero-order chi connectivity index (χ0) is 26.0. The topological polar surface area (TPSA) is 109 Å². The lowest BCUT2D eigenvalue weighted by Gasteiger charge is -2.22. The van der Waals surface area contributed by atoms with Crippen molar-refractivity contribution < 1.29 is 23.8 Å². The highest BCUT2D eigenvalue weighted by atomic mass is 35.5. The van der Waals surface area contributed by atoms with Gasteiger partial charge in [0.15, 0.2) is 17.3 Å². The summed E-state index contributed by atoms with van der Waals surface area (Å²) in [5.74, 6) is 0.545. The molecule has 1 aliphatic rings. The van der Waals surface area contributed by atoms with Gasteiger partial charge in [0.25, 0.3) is 0 Å².